The summed E-state index contributed by atoms with van der Waals surface area (Å²) in [6.45, 7) is 2.80. The largest absolute Gasteiger partial charge is 0.378 e. The minimum absolute atomic E-state index is 0.0400. The second-order valence-electron chi connectivity index (χ2n) is 4.74. The quantitative estimate of drug-likeness (QED) is 0.662. The van der Waals surface area contributed by atoms with Gasteiger partial charge in [-0.3, -0.25) is 11.3 Å². The molecule has 100 valence electrons. The van der Waals surface area contributed by atoms with Gasteiger partial charge in [0.15, 0.2) is 0 Å². The summed E-state index contributed by atoms with van der Waals surface area (Å²) in [5, 5.41) is 0. The Morgan fingerprint density at radius 1 is 1.61 bits per heavy atom. The Kier molecular flexibility index (Phi) is 4.72. The number of nitrogens with one attached hydrogen (secondary N) is 1. The van der Waals surface area contributed by atoms with Crippen LogP contribution in [0.1, 0.15) is 18.9 Å². The van der Waals surface area contributed by atoms with Gasteiger partial charge in [0, 0.05) is 23.0 Å². The van der Waals surface area contributed by atoms with E-state index in [2.05, 4.69) is 21.4 Å². The third-order valence-corrected chi connectivity index (χ3v) is 4.11. The lowest BCUT2D eigenvalue weighted by molar-refractivity contribution is 0.0953. The third kappa shape index (κ3) is 3.09. The zero-order chi connectivity index (χ0) is 13.1. The molecular weight excluding hydrogens is 299 g/mol. The molecule has 1 aliphatic rings. The Labute approximate surface area is 115 Å². The lowest BCUT2D eigenvalue weighted by Crippen LogP contribution is -2.44. The van der Waals surface area contributed by atoms with Crippen LogP contribution in [-0.2, 0) is 11.2 Å². The van der Waals surface area contributed by atoms with Crippen LogP contribution in [0.25, 0.3) is 0 Å². The Balaban J connectivity index is 2.10. The van der Waals surface area contributed by atoms with E-state index in [4.69, 9.17) is 10.6 Å². The first kappa shape index (κ1) is 13.9. The molecule has 0 spiro atoms. The Hall–Kier alpha value is -0.490. The Morgan fingerprint density at radius 2 is 2.39 bits per heavy atom. The molecule has 0 aromatic heterocycles. The molecule has 3 unspecified atom stereocenters. The molecule has 2 rings (SSSR count). The summed E-state index contributed by atoms with van der Waals surface area (Å²) in [5.41, 5.74) is 3.49. The summed E-state index contributed by atoms with van der Waals surface area (Å²) in [7, 11) is 0. The van der Waals surface area contributed by atoms with Crippen molar-refractivity contribution in [2.45, 2.75) is 31.9 Å². The van der Waals surface area contributed by atoms with Crippen molar-refractivity contribution in [2.75, 3.05) is 6.61 Å². The number of ether oxygens (including phenoxy) is 1. The molecule has 3 atom stereocenters. The molecule has 1 aliphatic heterocycles. The molecule has 0 bridgehead atoms. The normalized spacial score (nSPS) is 25.3. The number of benzene rings is 1. The molecule has 5 heteroatoms. The third-order valence-electron chi connectivity index (χ3n) is 3.62. The van der Waals surface area contributed by atoms with Crippen molar-refractivity contribution in [3.05, 3.63) is 34.1 Å². The molecule has 0 saturated carbocycles. The highest BCUT2D eigenvalue weighted by atomic mass is 79.9. The second-order valence-corrected chi connectivity index (χ2v) is 5.66. The van der Waals surface area contributed by atoms with Gasteiger partial charge < -0.3 is 4.74 Å². The number of hydrogen-bond donors (Lipinski definition) is 2. The van der Waals surface area contributed by atoms with E-state index >= 15 is 0 Å². The van der Waals surface area contributed by atoms with Crippen LogP contribution >= 0.6 is 15.9 Å². The fourth-order valence-electron chi connectivity index (χ4n) is 2.53. The van der Waals surface area contributed by atoms with Crippen molar-refractivity contribution in [3.63, 3.8) is 0 Å². The summed E-state index contributed by atoms with van der Waals surface area (Å²) in [4.78, 5) is 0. The van der Waals surface area contributed by atoms with Crippen LogP contribution < -0.4 is 11.3 Å². The van der Waals surface area contributed by atoms with Crippen LogP contribution in [0.4, 0.5) is 4.39 Å². The van der Waals surface area contributed by atoms with Gasteiger partial charge in [-0.1, -0.05) is 22.0 Å². The molecule has 1 aromatic rings. The van der Waals surface area contributed by atoms with E-state index in [9.17, 15) is 4.39 Å². The van der Waals surface area contributed by atoms with Crippen molar-refractivity contribution < 1.29 is 9.13 Å². The molecule has 0 aliphatic carbocycles. The minimum Gasteiger partial charge on any atom is -0.378 e. The highest BCUT2D eigenvalue weighted by Gasteiger charge is 2.31. The Morgan fingerprint density at radius 3 is 2.94 bits per heavy atom. The van der Waals surface area contributed by atoms with Gasteiger partial charge in [0.1, 0.15) is 5.82 Å². The van der Waals surface area contributed by atoms with Crippen molar-refractivity contribution >= 4 is 15.9 Å². The van der Waals surface area contributed by atoms with Gasteiger partial charge >= 0.3 is 0 Å². The number of rotatable bonds is 4. The smallest absolute Gasteiger partial charge is 0.127 e. The molecule has 0 amide bonds. The van der Waals surface area contributed by atoms with Gasteiger partial charge in [-0.05, 0) is 37.5 Å². The number of halogens is 2. The fourth-order valence-corrected chi connectivity index (χ4v) is 2.87. The number of nitrogens with two attached hydrogens (primary N) is 1. The van der Waals surface area contributed by atoms with Crippen LogP contribution in [0, 0.1) is 11.7 Å². The fraction of sp³-hybridized carbons (Fsp3) is 0.538. The van der Waals surface area contributed by atoms with E-state index < -0.39 is 0 Å². The van der Waals surface area contributed by atoms with Crippen molar-refractivity contribution in [1.29, 1.82) is 0 Å². The zero-order valence-electron chi connectivity index (χ0n) is 10.3. The molecular formula is C13H18BrFN2O. The first-order valence-electron chi connectivity index (χ1n) is 6.13. The molecule has 3 N–H and O–H groups in total. The summed E-state index contributed by atoms with van der Waals surface area (Å²) in [6.07, 6.45) is 1.71. The van der Waals surface area contributed by atoms with Crippen LogP contribution in [0.15, 0.2) is 22.7 Å². The predicted molar refractivity (Wildman–Crippen MR) is 72.4 cm³/mol. The molecule has 3 nitrogen and oxygen atoms in total. The predicted octanol–water partition coefficient (Wildman–Crippen LogP) is 2.39. The van der Waals surface area contributed by atoms with Crippen molar-refractivity contribution in [1.82, 2.24) is 5.43 Å². The topological polar surface area (TPSA) is 47.3 Å². The molecule has 0 radical (unpaired) electrons. The lowest BCUT2D eigenvalue weighted by atomic mass is 9.89. The standard InChI is InChI=1S/C13H18BrFN2O/c1-8-11(4-5-18-8)13(17-16)6-9-2-3-10(14)7-12(9)15/h2-3,7-8,11,13,17H,4-6,16H2,1H3. The highest BCUT2D eigenvalue weighted by molar-refractivity contribution is 9.10. The van der Waals surface area contributed by atoms with Gasteiger partial charge in [-0.15, -0.1) is 0 Å². The Bertz CT molecular complexity index is 416. The molecule has 1 fully saturated rings. The lowest BCUT2D eigenvalue weighted by Gasteiger charge is -2.25. The van der Waals surface area contributed by atoms with Gasteiger partial charge in [0.2, 0.25) is 0 Å². The molecule has 1 saturated heterocycles. The second kappa shape index (κ2) is 6.10. The summed E-state index contributed by atoms with van der Waals surface area (Å²) in [6, 6.07) is 5.17. The van der Waals surface area contributed by atoms with Crippen LogP contribution in [0.5, 0.6) is 0 Å². The van der Waals surface area contributed by atoms with E-state index in [1.807, 2.05) is 13.0 Å². The maximum absolute atomic E-state index is 13.8. The van der Waals surface area contributed by atoms with Gasteiger partial charge in [0.25, 0.3) is 0 Å². The van der Waals surface area contributed by atoms with Gasteiger partial charge in [-0.2, -0.15) is 0 Å². The first-order chi connectivity index (χ1) is 8.61. The first-order valence-corrected chi connectivity index (χ1v) is 6.92. The van der Waals surface area contributed by atoms with E-state index in [-0.39, 0.29) is 18.0 Å². The average Bonchev–Trinajstić information content (AvgIpc) is 2.75. The van der Waals surface area contributed by atoms with Crippen molar-refractivity contribution in [2.24, 2.45) is 11.8 Å². The highest BCUT2D eigenvalue weighted by Crippen LogP contribution is 2.26. The van der Waals surface area contributed by atoms with E-state index in [0.717, 1.165) is 17.5 Å². The van der Waals surface area contributed by atoms with E-state index in [1.165, 1.54) is 6.07 Å². The molecule has 1 heterocycles. The molecule has 1 aromatic carbocycles. The van der Waals surface area contributed by atoms with Crippen LogP contribution in [0.2, 0.25) is 0 Å². The maximum atomic E-state index is 13.8. The van der Waals surface area contributed by atoms with E-state index in [1.54, 1.807) is 6.07 Å². The monoisotopic (exact) mass is 316 g/mol. The average molecular weight is 317 g/mol. The minimum atomic E-state index is -0.198. The number of hydrazine groups is 1. The van der Waals surface area contributed by atoms with Crippen LogP contribution in [0.3, 0.4) is 0 Å². The summed E-state index contributed by atoms with van der Waals surface area (Å²) < 4.78 is 20.1. The van der Waals surface area contributed by atoms with Gasteiger partial charge in [-0.25, -0.2) is 4.39 Å². The SMILES string of the molecule is CC1OCCC1C(Cc1ccc(Br)cc1F)NN. The number of hydrogen-bond acceptors (Lipinski definition) is 3. The van der Waals surface area contributed by atoms with Crippen LogP contribution in [-0.4, -0.2) is 18.8 Å². The maximum Gasteiger partial charge on any atom is 0.127 e. The van der Waals surface area contributed by atoms with Crippen molar-refractivity contribution in [3.8, 4) is 0 Å². The summed E-state index contributed by atoms with van der Waals surface area (Å²) >= 11 is 3.26. The van der Waals surface area contributed by atoms with Gasteiger partial charge in [0.05, 0.1) is 6.10 Å². The summed E-state index contributed by atoms with van der Waals surface area (Å²) in [5.74, 6) is 5.74. The zero-order valence-corrected chi connectivity index (χ0v) is 11.9. The molecule has 18 heavy (non-hydrogen) atoms. The van der Waals surface area contributed by atoms with E-state index in [0.29, 0.717) is 17.9 Å².